The van der Waals surface area contributed by atoms with Gasteiger partial charge in [0.25, 0.3) is 0 Å². The predicted octanol–water partition coefficient (Wildman–Crippen LogP) is 4.39. The number of thioether (sulfide) groups is 1. The van der Waals surface area contributed by atoms with E-state index in [4.69, 9.17) is 14.2 Å². The highest BCUT2D eigenvalue weighted by Crippen LogP contribution is 2.43. The highest BCUT2D eigenvalue weighted by Gasteiger charge is 2.33. The molecule has 27 heavy (non-hydrogen) atoms. The lowest BCUT2D eigenvalue weighted by atomic mass is 10.1. The van der Waals surface area contributed by atoms with Gasteiger partial charge in [-0.25, -0.2) is 4.39 Å². The molecule has 0 radical (unpaired) electrons. The van der Waals surface area contributed by atoms with E-state index in [2.05, 4.69) is 15.9 Å². The van der Waals surface area contributed by atoms with Crippen LogP contribution in [0.4, 0.5) is 4.39 Å². The van der Waals surface area contributed by atoms with E-state index in [1.165, 1.54) is 17.8 Å². The first-order valence-corrected chi connectivity index (χ1v) is 9.97. The molecule has 0 bridgehead atoms. The number of amides is 1. The van der Waals surface area contributed by atoms with Crippen molar-refractivity contribution in [1.82, 2.24) is 4.90 Å². The maximum Gasteiger partial charge on any atom is 0.234 e. The summed E-state index contributed by atoms with van der Waals surface area (Å²) in [6.07, 6.45) is 0. The molecule has 1 fully saturated rings. The first-order valence-electron chi connectivity index (χ1n) is 8.13. The number of nitrogens with zero attached hydrogens (tertiary/aromatic N) is 1. The number of carbonyl (C=O) groups is 1. The zero-order valence-corrected chi connectivity index (χ0v) is 17.5. The van der Waals surface area contributed by atoms with E-state index in [0.717, 1.165) is 11.1 Å². The van der Waals surface area contributed by atoms with E-state index in [0.29, 0.717) is 34.0 Å². The minimum atomic E-state index is -0.329. The first kappa shape index (κ1) is 19.8. The smallest absolute Gasteiger partial charge is 0.234 e. The zero-order chi connectivity index (χ0) is 19.6. The lowest BCUT2D eigenvalue weighted by Crippen LogP contribution is -2.27. The predicted molar refractivity (Wildman–Crippen MR) is 106 cm³/mol. The van der Waals surface area contributed by atoms with E-state index in [-0.39, 0.29) is 17.1 Å². The highest BCUT2D eigenvalue weighted by atomic mass is 79.9. The SMILES string of the molecule is COc1cc(CN2C(=O)CSC2c2ccc(F)c(Br)c2)cc(OC)c1OC. The molecule has 0 saturated carbocycles. The number of carbonyl (C=O) groups excluding carboxylic acids is 1. The van der Waals surface area contributed by atoms with Crippen molar-refractivity contribution < 1.29 is 23.4 Å². The molecule has 1 heterocycles. The van der Waals surface area contributed by atoms with Crippen LogP contribution >= 0.6 is 27.7 Å². The van der Waals surface area contributed by atoms with Crippen molar-refractivity contribution in [2.24, 2.45) is 0 Å². The Bertz CT molecular complexity index is 839. The van der Waals surface area contributed by atoms with E-state index >= 15 is 0 Å². The van der Waals surface area contributed by atoms with Crippen LogP contribution in [-0.2, 0) is 11.3 Å². The third kappa shape index (κ3) is 4.01. The van der Waals surface area contributed by atoms with Gasteiger partial charge in [-0.1, -0.05) is 6.07 Å². The summed E-state index contributed by atoms with van der Waals surface area (Å²) in [5, 5.41) is -0.187. The standard InChI is InChI=1S/C19H19BrFNO4S/c1-24-15-6-11(7-16(25-2)18(15)26-3)9-22-17(23)10-27-19(22)12-4-5-14(21)13(20)8-12/h4-8,19H,9-10H2,1-3H3. The van der Waals surface area contributed by atoms with Crippen LogP contribution in [0.1, 0.15) is 16.5 Å². The van der Waals surface area contributed by atoms with Gasteiger partial charge in [0.15, 0.2) is 11.5 Å². The second-order valence-corrected chi connectivity index (χ2v) is 7.82. The fraction of sp³-hybridized carbons (Fsp3) is 0.316. The van der Waals surface area contributed by atoms with Crippen molar-refractivity contribution in [2.45, 2.75) is 11.9 Å². The van der Waals surface area contributed by atoms with E-state index < -0.39 is 0 Å². The molecule has 0 N–H and O–H groups in total. The fourth-order valence-corrected chi connectivity index (χ4v) is 4.56. The molecule has 2 aromatic carbocycles. The Kier molecular flexibility index (Phi) is 6.16. The number of rotatable bonds is 6. The average molecular weight is 456 g/mol. The molecule has 1 aliphatic rings. The van der Waals surface area contributed by atoms with Crippen LogP contribution in [0, 0.1) is 5.82 Å². The number of halogens is 2. The molecule has 0 aliphatic carbocycles. The molecule has 1 aliphatic heterocycles. The number of hydrogen-bond acceptors (Lipinski definition) is 5. The Labute approximate surface area is 169 Å². The van der Waals surface area contributed by atoms with Crippen LogP contribution < -0.4 is 14.2 Å². The van der Waals surface area contributed by atoms with Crippen molar-refractivity contribution in [3.63, 3.8) is 0 Å². The van der Waals surface area contributed by atoms with E-state index in [1.54, 1.807) is 38.4 Å². The van der Waals surface area contributed by atoms with Crippen LogP contribution in [0.5, 0.6) is 17.2 Å². The molecule has 1 saturated heterocycles. The van der Waals surface area contributed by atoms with Gasteiger partial charge in [0.05, 0.1) is 31.6 Å². The Morgan fingerprint density at radius 3 is 2.37 bits per heavy atom. The van der Waals surface area contributed by atoms with Gasteiger partial charge in [0, 0.05) is 6.54 Å². The van der Waals surface area contributed by atoms with Gasteiger partial charge in [0.1, 0.15) is 11.2 Å². The van der Waals surface area contributed by atoms with Gasteiger partial charge in [0.2, 0.25) is 11.7 Å². The minimum Gasteiger partial charge on any atom is -0.493 e. The molecule has 1 amide bonds. The summed E-state index contributed by atoms with van der Waals surface area (Å²) >= 11 is 4.73. The maximum atomic E-state index is 13.6. The molecule has 0 aromatic heterocycles. The van der Waals surface area contributed by atoms with Crippen LogP contribution in [0.25, 0.3) is 0 Å². The first-order chi connectivity index (χ1) is 13.0. The summed E-state index contributed by atoms with van der Waals surface area (Å²) < 4.78 is 30.1. The Morgan fingerprint density at radius 1 is 1.15 bits per heavy atom. The summed E-state index contributed by atoms with van der Waals surface area (Å²) in [4.78, 5) is 14.2. The van der Waals surface area contributed by atoms with Gasteiger partial charge in [-0.2, -0.15) is 0 Å². The van der Waals surface area contributed by atoms with Crippen LogP contribution in [-0.4, -0.2) is 37.9 Å². The van der Waals surface area contributed by atoms with Crippen molar-refractivity contribution in [1.29, 1.82) is 0 Å². The summed E-state index contributed by atoms with van der Waals surface area (Å²) in [5.41, 5.74) is 1.72. The van der Waals surface area contributed by atoms with Crippen molar-refractivity contribution >= 4 is 33.6 Å². The van der Waals surface area contributed by atoms with Crippen molar-refractivity contribution in [3.8, 4) is 17.2 Å². The number of ether oxygens (including phenoxy) is 3. The van der Waals surface area contributed by atoms with Gasteiger partial charge < -0.3 is 19.1 Å². The van der Waals surface area contributed by atoms with Crippen molar-refractivity contribution in [3.05, 3.63) is 51.7 Å². The number of methoxy groups -OCH3 is 3. The van der Waals surface area contributed by atoms with Gasteiger partial charge >= 0.3 is 0 Å². The number of benzene rings is 2. The van der Waals surface area contributed by atoms with Crippen LogP contribution in [0.3, 0.4) is 0 Å². The lowest BCUT2D eigenvalue weighted by molar-refractivity contribution is -0.128. The van der Waals surface area contributed by atoms with E-state index in [9.17, 15) is 9.18 Å². The van der Waals surface area contributed by atoms with Gasteiger partial charge in [-0.3, -0.25) is 4.79 Å². The molecule has 1 atom stereocenters. The average Bonchev–Trinajstić information content (AvgIpc) is 3.03. The molecule has 0 spiro atoms. The highest BCUT2D eigenvalue weighted by molar-refractivity contribution is 9.10. The third-order valence-corrected chi connectivity index (χ3v) is 6.14. The van der Waals surface area contributed by atoms with E-state index in [1.807, 2.05) is 12.1 Å². The third-order valence-electron chi connectivity index (χ3n) is 4.27. The fourth-order valence-electron chi connectivity index (χ4n) is 2.99. The summed E-state index contributed by atoms with van der Waals surface area (Å²) in [5.74, 6) is 1.65. The molecule has 2 aromatic rings. The molecule has 5 nitrogen and oxygen atoms in total. The summed E-state index contributed by atoms with van der Waals surface area (Å²) in [7, 11) is 4.65. The van der Waals surface area contributed by atoms with Gasteiger partial charge in [-0.05, 0) is 51.3 Å². The van der Waals surface area contributed by atoms with Crippen LogP contribution in [0.15, 0.2) is 34.8 Å². The van der Waals surface area contributed by atoms with Gasteiger partial charge in [-0.15, -0.1) is 11.8 Å². The molecule has 144 valence electrons. The Hall–Kier alpha value is -1.93. The second-order valence-electron chi connectivity index (χ2n) is 5.89. The Morgan fingerprint density at radius 2 is 1.81 bits per heavy atom. The Balaban J connectivity index is 1.92. The molecule has 3 rings (SSSR count). The monoisotopic (exact) mass is 455 g/mol. The largest absolute Gasteiger partial charge is 0.493 e. The zero-order valence-electron chi connectivity index (χ0n) is 15.1. The quantitative estimate of drug-likeness (QED) is 0.646. The summed E-state index contributed by atoms with van der Waals surface area (Å²) in [6.45, 7) is 0.377. The summed E-state index contributed by atoms with van der Waals surface area (Å²) in [6, 6.07) is 8.48. The molecular formula is C19H19BrFNO4S. The lowest BCUT2D eigenvalue weighted by Gasteiger charge is -2.25. The maximum absolute atomic E-state index is 13.6. The second kappa shape index (κ2) is 8.39. The minimum absolute atomic E-state index is 0.0270. The topological polar surface area (TPSA) is 48.0 Å². The number of hydrogen-bond donors (Lipinski definition) is 0. The molecular weight excluding hydrogens is 437 g/mol. The molecule has 1 unspecified atom stereocenters. The van der Waals surface area contributed by atoms with Crippen molar-refractivity contribution in [2.75, 3.05) is 27.1 Å². The molecule has 8 heteroatoms. The van der Waals surface area contributed by atoms with Crippen LogP contribution in [0.2, 0.25) is 0 Å². The normalized spacial score (nSPS) is 16.6.